The minimum absolute atomic E-state index is 0.577. The molecule has 6 heteroatoms. The van der Waals surface area contributed by atoms with Crippen molar-refractivity contribution in [1.29, 1.82) is 0 Å². The molecule has 2 N–H and O–H groups in total. The number of fused-ring (bicyclic) bond motifs is 1. The van der Waals surface area contributed by atoms with Crippen LogP contribution in [-0.4, -0.2) is 34.3 Å². The molecule has 3 rings (SSSR count). The number of benzene rings is 1. The zero-order chi connectivity index (χ0) is 14.1. The molecule has 0 amide bonds. The van der Waals surface area contributed by atoms with E-state index in [1.807, 2.05) is 50.3 Å². The van der Waals surface area contributed by atoms with Crippen molar-refractivity contribution in [2.24, 2.45) is 0 Å². The molecule has 0 saturated carbocycles. The van der Waals surface area contributed by atoms with Gasteiger partial charge in [-0.25, -0.2) is 4.98 Å². The number of hydrogen-bond acceptors (Lipinski definition) is 5. The van der Waals surface area contributed by atoms with Crippen LogP contribution in [0.2, 0.25) is 0 Å². The largest absolute Gasteiger partial charge is 0.362 e. The van der Waals surface area contributed by atoms with Gasteiger partial charge < -0.3 is 10.2 Å². The Labute approximate surface area is 116 Å². The average molecular weight is 268 g/mol. The first-order valence-corrected chi connectivity index (χ1v) is 6.35. The molecule has 0 aliphatic carbocycles. The van der Waals surface area contributed by atoms with Crippen molar-refractivity contribution >= 4 is 28.4 Å². The number of aromatic nitrogens is 4. The molecule has 0 radical (unpaired) electrons. The number of anilines is 3. The number of nitrogens with zero attached hydrogens (tertiary/aromatic N) is 4. The van der Waals surface area contributed by atoms with Gasteiger partial charge in [0.05, 0.1) is 17.4 Å². The Balaban J connectivity index is 1.99. The van der Waals surface area contributed by atoms with Gasteiger partial charge in [-0.05, 0) is 19.1 Å². The minimum Gasteiger partial charge on any atom is -0.362 e. The van der Waals surface area contributed by atoms with E-state index in [4.69, 9.17) is 0 Å². The Morgan fingerprint density at radius 1 is 1.20 bits per heavy atom. The zero-order valence-electron chi connectivity index (χ0n) is 11.7. The van der Waals surface area contributed by atoms with Gasteiger partial charge in [0, 0.05) is 31.2 Å². The lowest BCUT2D eigenvalue weighted by Crippen LogP contribution is -2.13. The first kappa shape index (κ1) is 12.4. The number of nitrogens with one attached hydrogen (secondary N) is 2. The fraction of sp³-hybridized carbons (Fsp3) is 0.214. The molecule has 0 saturated heterocycles. The van der Waals surface area contributed by atoms with Gasteiger partial charge in [-0.15, -0.1) is 0 Å². The van der Waals surface area contributed by atoms with Crippen LogP contribution in [0.25, 0.3) is 10.9 Å². The van der Waals surface area contributed by atoms with Gasteiger partial charge in [-0.3, -0.25) is 5.10 Å². The first-order chi connectivity index (χ1) is 9.65. The van der Waals surface area contributed by atoms with Crippen LogP contribution in [-0.2, 0) is 0 Å². The summed E-state index contributed by atoms with van der Waals surface area (Å²) >= 11 is 0. The Bertz CT molecular complexity index is 746. The molecule has 0 fully saturated rings. The van der Waals surface area contributed by atoms with Crippen LogP contribution in [0.15, 0.2) is 30.6 Å². The third kappa shape index (κ3) is 2.16. The summed E-state index contributed by atoms with van der Waals surface area (Å²) in [5.74, 6) is 1.48. The van der Waals surface area contributed by atoms with E-state index in [-0.39, 0.29) is 0 Å². The Morgan fingerprint density at radius 2 is 2.05 bits per heavy atom. The SMILES string of the molecule is Cc1cnc(Nc2cccc3[nH]ncc23)nc1N(C)C. The highest BCUT2D eigenvalue weighted by molar-refractivity contribution is 5.92. The summed E-state index contributed by atoms with van der Waals surface area (Å²) in [6, 6.07) is 5.93. The van der Waals surface area contributed by atoms with E-state index in [1.165, 1.54) is 0 Å². The molecule has 0 aliphatic rings. The maximum Gasteiger partial charge on any atom is 0.229 e. The second kappa shape index (κ2) is 4.80. The van der Waals surface area contributed by atoms with Crippen molar-refractivity contribution in [2.45, 2.75) is 6.92 Å². The van der Waals surface area contributed by atoms with Crippen molar-refractivity contribution in [3.8, 4) is 0 Å². The summed E-state index contributed by atoms with van der Waals surface area (Å²) in [5.41, 5.74) is 2.96. The second-order valence-electron chi connectivity index (χ2n) is 4.86. The fourth-order valence-electron chi connectivity index (χ4n) is 2.14. The van der Waals surface area contributed by atoms with Crippen LogP contribution in [0, 0.1) is 6.92 Å². The summed E-state index contributed by atoms with van der Waals surface area (Å²) in [7, 11) is 3.94. The van der Waals surface area contributed by atoms with E-state index in [9.17, 15) is 0 Å². The summed E-state index contributed by atoms with van der Waals surface area (Å²) in [4.78, 5) is 10.8. The average Bonchev–Trinajstić information content (AvgIpc) is 2.90. The second-order valence-corrected chi connectivity index (χ2v) is 4.86. The minimum atomic E-state index is 0.577. The molecule has 20 heavy (non-hydrogen) atoms. The highest BCUT2D eigenvalue weighted by atomic mass is 15.2. The lowest BCUT2D eigenvalue weighted by Gasteiger charge is -2.15. The van der Waals surface area contributed by atoms with Crippen molar-refractivity contribution in [1.82, 2.24) is 20.2 Å². The standard InChI is InChI=1S/C14H16N6/c1-9-7-15-14(18-13(9)20(2)3)17-11-5-4-6-12-10(11)8-16-19-12/h4-8H,1-3H3,(H,16,19)(H,15,17,18). The lowest BCUT2D eigenvalue weighted by atomic mass is 10.2. The van der Waals surface area contributed by atoms with Gasteiger partial charge in [0.2, 0.25) is 5.95 Å². The zero-order valence-corrected chi connectivity index (χ0v) is 11.7. The number of H-pyrrole nitrogens is 1. The molecule has 0 atom stereocenters. The van der Waals surface area contributed by atoms with Crippen LogP contribution in [0.5, 0.6) is 0 Å². The van der Waals surface area contributed by atoms with E-state index in [0.717, 1.165) is 28.0 Å². The monoisotopic (exact) mass is 268 g/mol. The molecule has 2 heterocycles. The predicted molar refractivity (Wildman–Crippen MR) is 80.5 cm³/mol. The van der Waals surface area contributed by atoms with Crippen LogP contribution in [0.4, 0.5) is 17.5 Å². The fourth-order valence-corrected chi connectivity index (χ4v) is 2.14. The molecule has 0 aliphatic heterocycles. The molecule has 0 unspecified atom stereocenters. The quantitative estimate of drug-likeness (QED) is 0.763. The summed E-state index contributed by atoms with van der Waals surface area (Å²) in [6.45, 7) is 2.00. The molecule has 2 aromatic heterocycles. The van der Waals surface area contributed by atoms with Gasteiger partial charge in [0.15, 0.2) is 0 Å². The van der Waals surface area contributed by atoms with Crippen LogP contribution in [0.1, 0.15) is 5.56 Å². The van der Waals surface area contributed by atoms with Gasteiger partial charge in [-0.1, -0.05) is 6.07 Å². The molecule has 102 valence electrons. The third-order valence-corrected chi connectivity index (χ3v) is 3.10. The maximum atomic E-state index is 4.53. The van der Waals surface area contributed by atoms with Crippen molar-refractivity contribution in [3.63, 3.8) is 0 Å². The van der Waals surface area contributed by atoms with Gasteiger partial charge in [-0.2, -0.15) is 10.1 Å². The molecular weight excluding hydrogens is 252 g/mol. The van der Waals surface area contributed by atoms with Crippen LogP contribution in [0.3, 0.4) is 0 Å². The van der Waals surface area contributed by atoms with Crippen molar-refractivity contribution < 1.29 is 0 Å². The Hall–Kier alpha value is -2.63. The molecule has 1 aromatic carbocycles. The molecule has 0 bridgehead atoms. The number of hydrogen-bond donors (Lipinski definition) is 2. The summed E-state index contributed by atoms with van der Waals surface area (Å²) < 4.78 is 0. The van der Waals surface area contributed by atoms with Gasteiger partial charge in [0.1, 0.15) is 5.82 Å². The third-order valence-electron chi connectivity index (χ3n) is 3.10. The molecular formula is C14H16N6. The van der Waals surface area contributed by atoms with Crippen LogP contribution >= 0.6 is 0 Å². The van der Waals surface area contributed by atoms with E-state index in [2.05, 4.69) is 25.5 Å². The predicted octanol–water partition coefficient (Wildman–Crippen LogP) is 2.47. The van der Waals surface area contributed by atoms with Gasteiger partial charge in [0.25, 0.3) is 0 Å². The molecule has 6 nitrogen and oxygen atoms in total. The van der Waals surface area contributed by atoms with E-state index in [0.29, 0.717) is 5.95 Å². The Kier molecular flexibility index (Phi) is 2.98. The van der Waals surface area contributed by atoms with Crippen molar-refractivity contribution in [3.05, 3.63) is 36.2 Å². The Morgan fingerprint density at radius 3 is 2.85 bits per heavy atom. The van der Waals surface area contributed by atoms with Crippen LogP contribution < -0.4 is 10.2 Å². The summed E-state index contributed by atoms with van der Waals surface area (Å²) in [5, 5.41) is 11.3. The first-order valence-electron chi connectivity index (χ1n) is 6.35. The van der Waals surface area contributed by atoms with E-state index in [1.54, 1.807) is 6.20 Å². The lowest BCUT2D eigenvalue weighted by molar-refractivity contribution is 1.02. The summed E-state index contributed by atoms with van der Waals surface area (Å²) in [6.07, 6.45) is 3.61. The number of aromatic amines is 1. The number of rotatable bonds is 3. The van der Waals surface area contributed by atoms with E-state index >= 15 is 0 Å². The van der Waals surface area contributed by atoms with E-state index < -0.39 is 0 Å². The van der Waals surface area contributed by atoms with Gasteiger partial charge >= 0.3 is 0 Å². The highest BCUT2D eigenvalue weighted by Gasteiger charge is 2.08. The maximum absolute atomic E-state index is 4.53. The smallest absolute Gasteiger partial charge is 0.229 e. The highest BCUT2D eigenvalue weighted by Crippen LogP contribution is 2.24. The normalized spacial score (nSPS) is 10.8. The number of aryl methyl sites for hydroxylation is 1. The topological polar surface area (TPSA) is 69.7 Å². The van der Waals surface area contributed by atoms with Crippen molar-refractivity contribution in [2.75, 3.05) is 24.3 Å². The molecule has 3 aromatic rings. The molecule has 0 spiro atoms.